The zero-order chi connectivity index (χ0) is 31.6. The van der Waals surface area contributed by atoms with Gasteiger partial charge in [-0.3, -0.25) is 24.0 Å². The summed E-state index contributed by atoms with van der Waals surface area (Å²) in [6.45, 7) is 3.44. The molecular formula is C30H35N7O7. The Balaban J connectivity index is 0.00000141. The summed E-state index contributed by atoms with van der Waals surface area (Å²) in [5, 5.41) is 19.2. The molecule has 4 amide bonds. The lowest BCUT2D eigenvalue weighted by Gasteiger charge is -2.24. The molecule has 0 saturated heterocycles. The van der Waals surface area contributed by atoms with E-state index in [1.54, 1.807) is 32.2 Å². The number of benzene rings is 1. The highest BCUT2D eigenvalue weighted by Crippen LogP contribution is 2.21. The van der Waals surface area contributed by atoms with Gasteiger partial charge in [-0.15, -0.1) is 0 Å². The van der Waals surface area contributed by atoms with Crippen LogP contribution in [0.15, 0.2) is 53.2 Å². The molecule has 0 aliphatic carbocycles. The first-order valence-electron chi connectivity index (χ1n) is 14.1. The molecule has 1 aliphatic rings. The maximum absolute atomic E-state index is 13.6. The van der Waals surface area contributed by atoms with E-state index in [-0.39, 0.29) is 30.4 Å². The number of fused-ring (bicyclic) bond motifs is 3. The van der Waals surface area contributed by atoms with Crippen LogP contribution in [0.4, 0.5) is 0 Å². The minimum Gasteiger partial charge on any atom is -0.483 e. The second-order valence-electron chi connectivity index (χ2n) is 10.3. The first-order chi connectivity index (χ1) is 21.2. The third-order valence-electron chi connectivity index (χ3n) is 7.16. The second kappa shape index (κ2) is 14.7. The molecule has 0 fully saturated rings. The molecule has 0 spiro atoms. The van der Waals surface area contributed by atoms with Crippen LogP contribution in [0, 0.1) is 6.92 Å². The number of hydrogen-bond donors (Lipinski definition) is 7. The van der Waals surface area contributed by atoms with Gasteiger partial charge in [-0.25, -0.2) is 4.98 Å². The number of aromatic nitrogens is 3. The fourth-order valence-electron chi connectivity index (χ4n) is 4.93. The summed E-state index contributed by atoms with van der Waals surface area (Å²) in [7, 11) is 0. The van der Waals surface area contributed by atoms with E-state index in [0.717, 1.165) is 16.5 Å². The molecule has 14 heteroatoms. The van der Waals surface area contributed by atoms with E-state index < -0.39 is 35.8 Å². The SMILES string of the molecule is Cc1oc2nc1C(=O)NCCCC[C@H](NC(=O)c1ccc[nH]1)C(=O)N[C@H](Cc1c[nH]c3ccccc13)C(=O)N[C@@H]2C.O=CO. The molecule has 3 aromatic heterocycles. The number of nitrogens with one attached hydrogen (secondary N) is 6. The Kier molecular flexibility index (Phi) is 10.5. The number of aromatic amines is 2. The van der Waals surface area contributed by atoms with Crippen LogP contribution in [-0.4, -0.2) is 68.8 Å². The largest absolute Gasteiger partial charge is 0.483 e. The van der Waals surface area contributed by atoms with Crippen LogP contribution in [0.5, 0.6) is 0 Å². The van der Waals surface area contributed by atoms with Crippen LogP contribution in [-0.2, 0) is 20.8 Å². The van der Waals surface area contributed by atoms with Gasteiger partial charge in [0.2, 0.25) is 17.7 Å². The van der Waals surface area contributed by atoms with E-state index in [1.165, 1.54) is 0 Å². The number of H-pyrrole nitrogens is 2. The van der Waals surface area contributed by atoms with E-state index in [0.29, 0.717) is 37.3 Å². The number of carbonyl (C=O) groups excluding carboxylic acids is 4. The van der Waals surface area contributed by atoms with Crippen LogP contribution in [0.1, 0.15) is 70.4 Å². The van der Waals surface area contributed by atoms with Crippen LogP contribution >= 0.6 is 0 Å². The van der Waals surface area contributed by atoms with Crippen molar-refractivity contribution in [3.8, 4) is 0 Å². The fourth-order valence-corrected chi connectivity index (χ4v) is 4.93. The first-order valence-corrected chi connectivity index (χ1v) is 14.1. The zero-order valence-corrected chi connectivity index (χ0v) is 24.3. The number of oxazole rings is 1. The molecule has 1 aromatic carbocycles. The summed E-state index contributed by atoms with van der Waals surface area (Å²) < 4.78 is 5.71. The van der Waals surface area contributed by atoms with Gasteiger partial charge in [0.05, 0.1) is 0 Å². The van der Waals surface area contributed by atoms with Gasteiger partial charge in [0.15, 0.2) is 5.69 Å². The fraction of sp³-hybridized carbons (Fsp3) is 0.333. The minimum atomic E-state index is -0.972. The Labute approximate surface area is 252 Å². The zero-order valence-electron chi connectivity index (χ0n) is 24.3. The highest BCUT2D eigenvalue weighted by atomic mass is 16.4. The monoisotopic (exact) mass is 605 g/mol. The van der Waals surface area contributed by atoms with Crippen molar-refractivity contribution >= 4 is 41.0 Å². The Morgan fingerprint density at radius 1 is 1.09 bits per heavy atom. The van der Waals surface area contributed by atoms with Crippen molar-refractivity contribution in [2.75, 3.05) is 6.54 Å². The Morgan fingerprint density at radius 3 is 2.61 bits per heavy atom. The highest BCUT2D eigenvalue weighted by molar-refractivity contribution is 5.97. The van der Waals surface area contributed by atoms with Gasteiger partial charge >= 0.3 is 0 Å². The lowest BCUT2D eigenvalue weighted by Crippen LogP contribution is -2.54. The lowest BCUT2D eigenvalue weighted by molar-refractivity contribution is -0.130. The Morgan fingerprint density at radius 2 is 1.86 bits per heavy atom. The number of para-hydroxylation sites is 1. The summed E-state index contributed by atoms with van der Waals surface area (Å²) in [6.07, 6.45) is 5.04. The van der Waals surface area contributed by atoms with Crippen molar-refractivity contribution in [3.63, 3.8) is 0 Å². The number of rotatable bonds is 4. The molecule has 44 heavy (non-hydrogen) atoms. The molecular weight excluding hydrogens is 570 g/mol. The smallest absolute Gasteiger partial charge is 0.290 e. The van der Waals surface area contributed by atoms with Crippen LogP contribution in [0.3, 0.4) is 0 Å². The van der Waals surface area contributed by atoms with Gasteiger partial charge in [-0.2, -0.15) is 0 Å². The average Bonchev–Trinajstić information content (AvgIpc) is 3.76. The molecule has 0 radical (unpaired) electrons. The van der Waals surface area contributed by atoms with Crippen molar-refractivity contribution in [1.82, 2.24) is 36.2 Å². The van der Waals surface area contributed by atoms with Gasteiger partial charge in [0.25, 0.3) is 18.3 Å². The summed E-state index contributed by atoms with van der Waals surface area (Å²) in [5.41, 5.74) is 2.24. The highest BCUT2D eigenvalue weighted by Gasteiger charge is 2.30. The molecule has 0 unspecified atom stereocenters. The maximum atomic E-state index is 13.6. The van der Waals surface area contributed by atoms with Crippen LogP contribution in [0.2, 0.25) is 0 Å². The van der Waals surface area contributed by atoms with E-state index >= 15 is 0 Å². The van der Waals surface area contributed by atoms with Gasteiger partial charge < -0.3 is 40.8 Å². The Bertz CT molecular complexity index is 1610. The number of aryl methyl sites for hydroxylation is 1. The summed E-state index contributed by atoms with van der Waals surface area (Å²) in [6, 6.07) is 8.45. The molecule has 4 heterocycles. The van der Waals surface area contributed by atoms with E-state index in [4.69, 9.17) is 14.3 Å². The van der Waals surface area contributed by atoms with Crippen molar-refractivity contribution in [1.29, 1.82) is 0 Å². The minimum absolute atomic E-state index is 0.160. The van der Waals surface area contributed by atoms with Crippen molar-refractivity contribution < 1.29 is 33.5 Å². The normalized spacial score (nSPS) is 19.6. The maximum Gasteiger partial charge on any atom is 0.290 e. The number of carboxylic acid groups (broad SMARTS) is 1. The van der Waals surface area contributed by atoms with Gasteiger partial charge in [-0.05, 0) is 56.9 Å². The molecule has 7 N–H and O–H groups in total. The van der Waals surface area contributed by atoms with Gasteiger partial charge in [0.1, 0.15) is 29.6 Å². The van der Waals surface area contributed by atoms with Crippen molar-refractivity contribution in [2.45, 2.75) is 57.7 Å². The molecule has 232 valence electrons. The topological polar surface area (TPSA) is 211 Å². The predicted octanol–water partition coefficient (Wildman–Crippen LogP) is 2.11. The molecule has 5 rings (SSSR count). The van der Waals surface area contributed by atoms with Crippen molar-refractivity contribution in [2.24, 2.45) is 0 Å². The molecule has 0 saturated carbocycles. The van der Waals surface area contributed by atoms with Crippen LogP contribution in [0.25, 0.3) is 10.9 Å². The lowest BCUT2D eigenvalue weighted by atomic mass is 10.0. The Hall–Kier alpha value is -5.40. The van der Waals surface area contributed by atoms with Crippen molar-refractivity contribution in [3.05, 3.63) is 77.4 Å². The molecule has 2 bridgehead atoms. The number of amides is 4. The second-order valence-corrected chi connectivity index (χ2v) is 10.3. The van der Waals surface area contributed by atoms with Crippen LogP contribution < -0.4 is 21.3 Å². The summed E-state index contributed by atoms with van der Waals surface area (Å²) >= 11 is 0. The summed E-state index contributed by atoms with van der Waals surface area (Å²) in [4.78, 5) is 71.5. The first kappa shape index (κ1) is 31.5. The average molecular weight is 606 g/mol. The molecule has 1 aliphatic heterocycles. The molecule has 14 nitrogen and oxygen atoms in total. The summed E-state index contributed by atoms with van der Waals surface area (Å²) in [5.74, 6) is -1.23. The van der Waals surface area contributed by atoms with Gasteiger partial charge in [-0.1, -0.05) is 18.2 Å². The van der Waals surface area contributed by atoms with E-state index in [1.807, 2.05) is 30.5 Å². The standard InChI is InChI=1S/C29H33N7O5.CH2O2/c1-16-29-36-24(17(2)41-29)28(40)31-12-6-5-10-22(34-25(37)21-11-7-13-30-21)26(38)35-23(27(39)33-16)14-18-15-32-20-9-4-3-8-19(18)20;2-1-3/h3-4,7-9,11,13,15-16,22-23,30,32H,5-6,10,12,14H2,1-2H3,(H,31,40)(H,33,39)(H,34,37)(H,35,38);1H,(H,2,3)/t16-,22+,23-;/m1./s1. The number of nitrogens with zero attached hydrogens (tertiary/aromatic N) is 1. The third kappa shape index (κ3) is 7.70. The quantitative estimate of drug-likeness (QED) is 0.171. The predicted molar refractivity (Wildman–Crippen MR) is 159 cm³/mol. The third-order valence-corrected chi connectivity index (χ3v) is 7.16. The van der Waals surface area contributed by atoms with Gasteiger partial charge in [0, 0.05) is 36.3 Å². The number of hydrogen-bond acceptors (Lipinski definition) is 7. The molecule has 4 aromatic rings. The molecule has 3 atom stereocenters. The van der Waals surface area contributed by atoms with E-state index in [9.17, 15) is 19.2 Å². The number of carbonyl (C=O) groups is 5. The van der Waals surface area contributed by atoms with E-state index in [2.05, 4.69) is 36.2 Å².